The molecule has 38 heavy (non-hydrogen) atoms. The molecule has 0 aliphatic carbocycles. The van der Waals surface area contributed by atoms with Gasteiger partial charge >= 0.3 is 0 Å². The molecular weight excluding hydrogens is 573 g/mol. The zero-order chi connectivity index (χ0) is 27.3. The van der Waals surface area contributed by atoms with E-state index in [0.29, 0.717) is 43.8 Å². The number of nitrogens with zero attached hydrogens (tertiary/aromatic N) is 2. The fraction of sp³-hybridized carbons (Fsp3) is 0.480. The van der Waals surface area contributed by atoms with Gasteiger partial charge in [-0.15, -0.1) is 0 Å². The standard InChI is InChI=1S/C25H31Cl2N3O6S2/c26-23-6-3-7-24(27)22(23)18-37(32,33)30-15-4-5-19(17-30)25(31)28-12-16-36-20-8-10-21(11-9-20)38(34,35)29-13-1-2-14-29/h3,6-11,19H,1-2,4-5,12-18H2,(H,28,31). The molecule has 9 nitrogen and oxygen atoms in total. The summed E-state index contributed by atoms with van der Waals surface area (Å²) in [5.74, 6) is -0.550. The molecule has 2 aromatic carbocycles. The Hall–Kier alpha value is -1.89. The van der Waals surface area contributed by atoms with Crippen LogP contribution in [0, 0.1) is 5.92 Å². The normalized spacial score (nSPS) is 19.4. The van der Waals surface area contributed by atoms with Gasteiger partial charge in [0.05, 0.1) is 23.1 Å². The van der Waals surface area contributed by atoms with Crippen molar-refractivity contribution in [3.05, 3.63) is 58.1 Å². The van der Waals surface area contributed by atoms with Crippen LogP contribution >= 0.6 is 23.2 Å². The first-order valence-electron chi connectivity index (χ1n) is 12.5. The van der Waals surface area contributed by atoms with Crippen molar-refractivity contribution < 1.29 is 26.4 Å². The molecular formula is C25H31Cl2N3O6S2. The van der Waals surface area contributed by atoms with Crippen molar-refractivity contribution in [2.24, 2.45) is 5.92 Å². The Balaban J connectivity index is 1.24. The van der Waals surface area contributed by atoms with E-state index < -0.39 is 26.0 Å². The van der Waals surface area contributed by atoms with Crippen LogP contribution in [0.25, 0.3) is 0 Å². The number of carbonyl (C=O) groups excluding carboxylic acids is 1. The van der Waals surface area contributed by atoms with Crippen LogP contribution in [0.2, 0.25) is 10.0 Å². The second-order valence-corrected chi connectivity index (χ2v) is 14.1. The van der Waals surface area contributed by atoms with E-state index in [-0.39, 0.29) is 46.3 Å². The van der Waals surface area contributed by atoms with Gasteiger partial charge < -0.3 is 10.1 Å². The quantitative estimate of drug-likeness (QED) is 0.416. The van der Waals surface area contributed by atoms with Gasteiger partial charge in [0.15, 0.2) is 0 Å². The molecule has 2 aliphatic heterocycles. The van der Waals surface area contributed by atoms with Crippen molar-refractivity contribution in [1.29, 1.82) is 0 Å². The predicted molar refractivity (Wildman–Crippen MR) is 146 cm³/mol. The van der Waals surface area contributed by atoms with Gasteiger partial charge in [0, 0.05) is 41.8 Å². The minimum atomic E-state index is -3.71. The molecule has 1 atom stereocenters. The summed E-state index contributed by atoms with van der Waals surface area (Å²) in [4.78, 5) is 13.0. The highest BCUT2D eigenvalue weighted by Crippen LogP contribution is 2.29. The Kier molecular flexibility index (Phi) is 9.59. The average Bonchev–Trinajstić information content (AvgIpc) is 3.45. The van der Waals surface area contributed by atoms with Gasteiger partial charge in [-0.05, 0) is 62.1 Å². The number of halogens is 2. The molecule has 0 aromatic heterocycles. The lowest BCUT2D eigenvalue weighted by Crippen LogP contribution is -2.46. The zero-order valence-corrected chi connectivity index (χ0v) is 24.0. The number of sulfonamides is 2. The Morgan fingerprint density at radius 3 is 2.21 bits per heavy atom. The van der Waals surface area contributed by atoms with Gasteiger partial charge in [-0.25, -0.2) is 21.1 Å². The number of hydrogen-bond acceptors (Lipinski definition) is 6. The Labute approximate surface area is 234 Å². The second kappa shape index (κ2) is 12.5. The minimum Gasteiger partial charge on any atom is -0.492 e. The van der Waals surface area contributed by atoms with Crippen molar-refractivity contribution >= 4 is 49.2 Å². The Bertz CT molecular complexity index is 1330. The summed E-state index contributed by atoms with van der Waals surface area (Å²) >= 11 is 12.3. The molecule has 208 valence electrons. The Morgan fingerprint density at radius 1 is 0.921 bits per heavy atom. The number of ether oxygens (including phenoxy) is 1. The van der Waals surface area contributed by atoms with Crippen molar-refractivity contribution in [3.8, 4) is 5.75 Å². The lowest BCUT2D eigenvalue weighted by atomic mass is 9.99. The highest BCUT2D eigenvalue weighted by molar-refractivity contribution is 7.89. The molecule has 0 saturated carbocycles. The van der Waals surface area contributed by atoms with E-state index in [2.05, 4.69) is 5.32 Å². The van der Waals surface area contributed by atoms with Crippen molar-refractivity contribution in [1.82, 2.24) is 13.9 Å². The smallest absolute Gasteiger partial charge is 0.243 e. The molecule has 2 aliphatic rings. The van der Waals surface area contributed by atoms with E-state index in [1.807, 2.05) is 0 Å². The van der Waals surface area contributed by atoms with Crippen LogP contribution < -0.4 is 10.1 Å². The van der Waals surface area contributed by atoms with Crippen LogP contribution in [0.4, 0.5) is 0 Å². The van der Waals surface area contributed by atoms with E-state index in [1.165, 1.54) is 20.7 Å². The predicted octanol–water partition coefficient (Wildman–Crippen LogP) is 3.51. The molecule has 2 aromatic rings. The number of rotatable bonds is 10. The van der Waals surface area contributed by atoms with E-state index in [9.17, 15) is 21.6 Å². The summed E-state index contributed by atoms with van der Waals surface area (Å²) in [7, 11) is -7.20. The zero-order valence-electron chi connectivity index (χ0n) is 20.8. The topological polar surface area (TPSA) is 113 Å². The lowest BCUT2D eigenvalue weighted by Gasteiger charge is -2.31. The van der Waals surface area contributed by atoms with Crippen LogP contribution in [0.5, 0.6) is 5.75 Å². The third-order valence-electron chi connectivity index (χ3n) is 6.73. The van der Waals surface area contributed by atoms with Crippen LogP contribution in [-0.2, 0) is 30.6 Å². The number of nitrogens with one attached hydrogen (secondary N) is 1. The maximum Gasteiger partial charge on any atom is 0.243 e. The van der Waals surface area contributed by atoms with Crippen LogP contribution in [0.3, 0.4) is 0 Å². The first kappa shape index (κ1) is 29.1. The first-order valence-corrected chi connectivity index (χ1v) is 16.3. The fourth-order valence-electron chi connectivity index (χ4n) is 4.63. The highest BCUT2D eigenvalue weighted by atomic mass is 35.5. The van der Waals surface area contributed by atoms with Gasteiger partial charge in [0.25, 0.3) is 0 Å². The van der Waals surface area contributed by atoms with Gasteiger partial charge in [-0.3, -0.25) is 4.79 Å². The van der Waals surface area contributed by atoms with Gasteiger partial charge in [0.1, 0.15) is 12.4 Å². The molecule has 2 saturated heterocycles. The minimum absolute atomic E-state index is 0.0874. The number of amides is 1. The van der Waals surface area contributed by atoms with Crippen LogP contribution in [0.15, 0.2) is 47.4 Å². The first-order chi connectivity index (χ1) is 18.1. The van der Waals surface area contributed by atoms with E-state index in [0.717, 1.165) is 12.8 Å². The SMILES string of the molecule is O=C(NCCOc1ccc(S(=O)(=O)N2CCCC2)cc1)C1CCCN(S(=O)(=O)Cc2c(Cl)cccc2Cl)C1. The van der Waals surface area contributed by atoms with Crippen LogP contribution in [-0.4, -0.2) is 70.7 Å². The average molecular weight is 605 g/mol. The summed E-state index contributed by atoms with van der Waals surface area (Å²) in [6.07, 6.45) is 2.89. The van der Waals surface area contributed by atoms with Gasteiger partial charge in [-0.1, -0.05) is 29.3 Å². The second-order valence-electron chi connectivity index (χ2n) is 9.38. The molecule has 0 bridgehead atoms. The molecule has 4 rings (SSSR count). The van der Waals surface area contributed by atoms with Crippen molar-refractivity contribution in [2.75, 3.05) is 39.3 Å². The largest absolute Gasteiger partial charge is 0.492 e. The molecule has 13 heteroatoms. The maximum absolute atomic E-state index is 13.0. The van der Waals surface area contributed by atoms with Gasteiger partial charge in [0.2, 0.25) is 26.0 Å². The summed E-state index contributed by atoms with van der Waals surface area (Å²) in [6.45, 7) is 1.92. The number of carbonyl (C=O) groups is 1. The summed E-state index contributed by atoms with van der Waals surface area (Å²) in [6, 6.07) is 11.1. The molecule has 1 unspecified atom stereocenters. The fourth-order valence-corrected chi connectivity index (χ4v) is 8.51. The third-order valence-corrected chi connectivity index (χ3v) is 11.1. The monoisotopic (exact) mass is 603 g/mol. The molecule has 2 heterocycles. The highest BCUT2D eigenvalue weighted by Gasteiger charge is 2.33. The summed E-state index contributed by atoms with van der Waals surface area (Å²) in [5, 5.41) is 3.38. The molecule has 0 radical (unpaired) electrons. The van der Waals surface area contributed by atoms with Crippen molar-refractivity contribution in [2.45, 2.75) is 36.3 Å². The Morgan fingerprint density at radius 2 is 1.55 bits per heavy atom. The molecule has 1 N–H and O–H groups in total. The maximum atomic E-state index is 13.0. The summed E-state index contributed by atoms with van der Waals surface area (Å²) in [5.41, 5.74) is 0.348. The van der Waals surface area contributed by atoms with Crippen molar-refractivity contribution in [3.63, 3.8) is 0 Å². The van der Waals surface area contributed by atoms with E-state index >= 15 is 0 Å². The molecule has 1 amide bonds. The number of hydrogen-bond donors (Lipinski definition) is 1. The number of piperidine rings is 1. The van der Waals surface area contributed by atoms with E-state index in [1.54, 1.807) is 30.3 Å². The van der Waals surface area contributed by atoms with Gasteiger partial charge in [-0.2, -0.15) is 4.31 Å². The summed E-state index contributed by atoms with van der Waals surface area (Å²) < 4.78 is 59.8. The van der Waals surface area contributed by atoms with E-state index in [4.69, 9.17) is 27.9 Å². The third kappa shape index (κ3) is 7.00. The van der Waals surface area contributed by atoms with Crippen LogP contribution in [0.1, 0.15) is 31.2 Å². The number of benzene rings is 2. The lowest BCUT2D eigenvalue weighted by molar-refractivity contribution is -0.126. The molecule has 0 spiro atoms. The molecule has 2 fully saturated rings.